The summed E-state index contributed by atoms with van der Waals surface area (Å²) in [6.07, 6.45) is 0. The number of para-hydroxylation sites is 6. The summed E-state index contributed by atoms with van der Waals surface area (Å²) in [5, 5.41) is -6.72. The fourth-order valence-electron chi connectivity index (χ4n) is 9.41. The van der Waals surface area contributed by atoms with Crippen molar-refractivity contribution in [3.8, 4) is 45.5 Å². The fourth-order valence-corrected chi connectivity index (χ4v) is 13.0. The first-order chi connectivity index (χ1) is 53.5. The normalized spacial score (nSPS) is 18.9. The third-order valence-corrected chi connectivity index (χ3v) is 16.6. The van der Waals surface area contributed by atoms with E-state index in [1.54, 1.807) is 24.3 Å². The van der Waals surface area contributed by atoms with Gasteiger partial charge in [-0.15, -0.1) is 0 Å². The number of rotatable bonds is 9. The van der Waals surface area contributed by atoms with E-state index >= 15 is 0 Å². The van der Waals surface area contributed by atoms with Gasteiger partial charge in [-0.25, -0.2) is 4.98 Å². The first kappa shape index (κ1) is 20.1. The van der Waals surface area contributed by atoms with Crippen LogP contribution in [0.1, 0.15) is 52.1 Å². The van der Waals surface area contributed by atoms with Crippen LogP contribution in [-0.2, 0) is 0 Å². The largest absolute Gasteiger partial charge is 0.456 e. The van der Waals surface area contributed by atoms with Gasteiger partial charge in [0.25, 0.3) is 0 Å². The van der Waals surface area contributed by atoms with Crippen LogP contribution in [0.2, 0.25) is 0 Å². The highest BCUT2D eigenvalue weighted by atomic mass is 28.3. The van der Waals surface area contributed by atoms with Gasteiger partial charge < -0.3 is 8.98 Å². The number of aromatic nitrogens is 5. The first-order valence-corrected chi connectivity index (χ1v) is 24.7. The van der Waals surface area contributed by atoms with Crippen LogP contribution in [0.25, 0.3) is 111 Å². The van der Waals surface area contributed by atoms with Gasteiger partial charge >= 0.3 is 0 Å². The first-order valence-electron chi connectivity index (χ1n) is 41.7. The molecule has 6 nitrogen and oxygen atoms in total. The maximum atomic E-state index is 11.0. The molecule has 0 saturated heterocycles. The Morgan fingerprint density at radius 3 is 1.47 bits per heavy atom. The Labute approximate surface area is 492 Å². The standard InChI is InChI=1S/C69H45N5OSi/c1-3-23-49(24-4-1)76(50-25-5-2-6-26-50,51-27-19-21-46(43-51)47-41-42-58-57-33-12-18-40-65(57)75-66(58)45-47)52-28-20-22-48(44-52)67-70-68(72-69(71-67)74-62-37-15-9-31-55(62)56-32-10-16-38-63(56)74)59-34-11-17-39-64(59)73-60-35-13-7-29-53(60)54-30-8-14-36-61(54)73/h1-45H/i1D,2D,3D,4D,5D,6D,7D,8D,9D,10D,11D,13D,14D,15D,16D,17D,19D,20D,21D,22D,23D,24D,25D,26D,27D,28D,29D,30D,31D,32D,34D,35D,36D,37D,38D,39D,43D,44D. The Balaban J connectivity index is 1.21. The van der Waals surface area contributed by atoms with Crippen molar-refractivity contribution in [1.82, 2.24) is 24.1 Å². The summed E-state index contributed by atoms with van der Waals surface area (Å²) >= 11 is 0. The van der Waals surface area contributed by atoms with E-state index in [9.17, 15) is 38.4 Å². The van der Waals surface area contributed by atoms with Gasteiger partial charge in [0.2, 0.25) is 5.95 Å². The van der Waals surface area contributed by atoms with Crippen LogP contribution >= 0.6 is 0 Å². The van der Waals surface area contributed by atoms with Crippen LogP contribution in [0.4, 0.5) is 0 Å². The van der Waals surface area contributed by atoms with Crippen molar-refractivity contribution in [1.29, 1.82) is 0 Å². The molecule has 76 heavy (non-hydrogen) atoms. The van der Waals surface area contributed by atoms with Crippen LogP contribution in [0, 0.1) is 0 Å². The molecule has 15 aromatic rings. The molecule has 356 valence electrons. The summed E-state index contributed by atoms with van der Waals surface area (Å²) in [6.45, 7) is 0. The van der Waals surface area contributed by atoms with E-state index in [-0.39, 0.29) is 11.1 Å². The van der Waals surface area contributed by atoms with Crippen molar-refractivity contribution in [3.05, 3.63) is 272 Å². The lowest BCUT2D eigenvalue weighted by Gasteiger charge is -2.35. The molecule has 0 bridgehead atoms. The van der Waals surface area contributed by atoms with Gasteiger partial charge in [0, 0.05) is 43.4 Å². The molecule has 0 fully saturated rings. The molecule has 0 amide bonds. The summed E-state index contributed by atoms with van der Waals surface area (Å²) in [4.78, 5) is 13.9. The maximum Gasteiger partial charge on any atom is 0.238 e. The molecule has 0 N–H and O–H groups in total. The van der Waals surface area contributed by atoms with Gasteiger partial charge in [0.1, 0.15) is 11.2 Å². The van der Waals surface area contributed by atoms with Crippen molar-refractivity contribution in [2.24, 2.45) is 0 Å². The van der Waals surface area contributed by atoms with Gasteiger partial charge in [-0.3, -0.25) is 4.57 Å². The molecule has 0 saturated carbocycles. The van der Waals surface area contributed by atoms with Gasteiger partial charge in [0.15, 0.2) is 19.7 Å². The summed E-state index contributed by atoms with van der Waals surface area (Å²) in [7, 11) is -6.83. The quantitative estimate of drug-likeness (QED) is 0.107. The van der Waals surface area contributed by atoms with Gasteiger partial charge in [0.05, 0.1) is 79.8 Å². The molecule has 0 atom stereocenters. The fraction of sp³-hybridized carbons (Fsp3) is 0. The van der Waals surface area contributed by atoms with E-state index in [4.69, 9.17) is 18.1 Å². The predicted molar refractivity (Wildman–Crippen MR) is 316 cm³/mol. The predicted octanol–water partition coefficient (Wildman–Crippen LogP) is 14.3. The average Bonchev–Trinajstić information content (AvgIpc) is 0.961. The molecule has 4 aromatic heterocycles. The second-order valence-electron chi connectivity index (χ2n) is 16.6. The van der Waals surface area contributed by atoms with Crippen molar-refractivity contribution < 1.29 is 56.5 Å². The number of fused-ring (bicyclic) bond motifs is 9. The molecule has 0 unspecified atom stereocenters. The summed E-state index contributed by atoms with van der Waals surface area (Å²) in [6, 6.07) is -33.9. The Hall–Kier alpha value is -9.95. The zero-order valence-corrected chi connectivity index (χ0v) is 39.2. The third-order valence-electron chi connectivity index (χ3n) is 12.6. The van der Waals surface area contributed by atoms with Crippen LogP contribution in [0.5, 0.6) is 0 Å². The minimum atomic E-state index is -6.83. The van der Waals surface area contributed by atoms with Gasteiger partial charge in [-0.1, -0.05) is 218 Å². The van der Waals surface area contributed by atoms with Crippen molar-refractivity contribution in [2.45, 2.75) is 0 Å². The minimum Gasteiger partial charge on any atom is -0.456 e. The lowest BCUT2D eigenvalue weighted by atomic mass is 10.0. The van der Waals surface area contributed by atoms with Crippen LogP contribution in [-0.4, -0.2) is 32.2 Å². The van der Waals surface area contributed by atoms with E-state index in [0.717, 1.165) is 0 Å². The second-order valence-corrected chi connectivity index (χ2v) is 20.1. The van der Waals surface area contributed by atoms with E-state index in [1.165, 1.54) is 18.2 Å². The molecule has 0 spiro atoms. The molecule has 11 aromatic carbocycles. The van der Waals surface area contributed by atoms with Crippen LogP contribution in [0.3, 0.4) is 0 Å². The number of furan rings is 1. The molecular formula is C69H45N5OSi. The number of hydrogen-bond acceptors (Lipinski definition) is 4. The van der Waals surface area contributed by atoms with E-state index in [1.807, 2.05) is 0 Å². The molecule has 7 heteroatoms. The highest BCUT2D eigenvalue weighted by Crippen LogP contribution is 2.38. The lowest BCUT2D eigenvalue weighted by Crippen LogP contribution is -2.74. The Bertz CT molecular complexity index is 6770. The monoisotopic (exact) mass is 1030 g/mol. The molecule has 0 radical (unpaired) electrons. The smallest absolute Gasteiger partial charge is 0.238 e. The second kappa shape index (κ2) is 17.6. The Kier molecular flexibility index (Phi) is 4.65. The van der Waals surface area contributed by atoms with Crippen molar-refractivity contribution in [2.75, 3.05) is 0 Å². The molecule has 4 heterocycles. The van der Waals surface area contributed by atoms with E-state index in [2.05, 4.69) is 15.0 Å². The lowest BCUT2D eigenvalue weighted by molar-refractivity contribution is 0.669. The van der Waals surface area contributed by atoms with Gasteiger partial charge in [-0.05, 0) is 86.3 Å². The molecule has 0 aliphatic heterocycles. The molecule has 15 rings (SSSR count). The zero-order chi connectivity index (χ0) is 83.2. The van der Waals surface area contributed by atoms with Crippen molar-refractivity contribution >= 4 is 94.4 Å². The minimum absolute atomic E-state index is 0.0819. The highest BCUT2D eigenvalue weighted by Gasteiger charge is 2.42. The topological polar surface area (TPSA) is 61.7 Å². The summed E-state index contributed by atoms with van der Waals surface area (Å²) in [5.74, 6) is -3.82. The highest BCUT2D eigenvalue weighted by molar-refractivity contribution is 7.20. The summed E-state index contributed by atoms with van der Waals surface area (Å²) < 4.78 is 369. The Morgan fingerprint density at radius 2 is 0.842 bits per heavy atom. The maximum absolute atomic E-state index is 11.0. The Morgan fingerprint density at radius 1 is 0.355 bits per heavy atom. The van der Waals surface area contributed by atoms with Crippen molar-refractivity contribution in [3.63, 3.8) is 0 Å². The van der Waals surface area contributed by atoms with Crippen LogP contribution < -0.4 is 20.7 Å². The van der Waals surface area contributed by atoms with Crippen LogP contribution in [0.15, 0.2) is 276 Å². The van der Waals surface area contributed by atoms with Gasteiger partial charge in [-0.2, -0.15) is 9.97 Å². The third kappa shape index (κ3) is 6.83. The zero-order valence-electron chi connectivity index (χ0n) is 76.2. The summed E-state index contributed by atoms with van der Waals surface area (Å²) in [5.41, 5.74) is -7.20. The molecule has 0 aliphatic carbocycles. The molecular weight excluding hydrogens is 943 g/mol. The SMILES string of the molecule is [2H]c1c([2H])c([2H])c([Si](c2c([2H])c([2H])c([2H])c([2H])c2[2H])(c2c([2H])c([2H])c([2H])c(-c3ccc4c(c3)oc3ccccc34)c2[2H])c2c([2H])c([2H])c([2H])c(-c3nc(-c4c([2H])c([2H])c([2H])c([2H])c4-n4c5c([2H])c([2H])c([2H])c([2H])c5c5c([2H])c([2H])c([2H])c([2H])c54)nc(-n4c5c([2H])c([2H])c([2H])c([2H])c5c5c([2H])c([2H])c([2H])c([2H])c54)n3)c2[2H])c([2H])c1[2H]. The average molecular weight is 1030 g/mol. The number of benzene rings is 11. The number of hydrogen-bond donors (Lipinski definition) is 0. The van der Waals surface area contributed by atoms with E-state index < -0.39 is 342 Å². The molecule has 0 aliphatic rings. The number of nitrogens with zero attached hydrogens (tertiary/aromatic N) is 5. The van der Waals surface area contributed by atoms with E-state index in [0.29, 0.717) is 25.5 Å².